The van der Waals surface area contributed by atoms with E-state index in [9.17, 15) is 0 Å². The zero-order valence-electron chi connectivity index (χ0n) is 18.7. The first-order chi connectivity index (χ1) is 12.9. The maximum absolute atomic E-state index is 4.80. The smallest absolute Gasteiger partial charge is 0.191 e. The van der Waals surface area contributed by atoms with E-state index in [1.54, 1.807) is 0 Å². The molecule has 28 heavy (non-hydrogen) atoms. The van der Waals surface area contributed by atoms with E-state index in [1.807, 2.05) is 11.7 Å². The lowest BCUT2D eigenvalue weighted by Crippen LogP contribution is -2.43. The summed E-state index contributed by atoms with van der Waals surface area (Å²) in [5.41, 5.74) is 3.72. The molecule has 1 aromatic rings. The molecule has 0 radical (unpaired) electrons. The highest BCUT2D eigenvalue weighted by atomic mass is 127. The van der Waals surface area contributed by atoms with Crippen molar-refractivity contribution in [3.05, 3.63) is 17.0 Å². The lowest BCUT2D eigenvalue weighted by Gasteiger charge is -2.33. The molecule has 1 aliphatic heterocycles. The van der Waals surface area contributed by atoms with Crippen molar-refractivity contribution in [1.82, 2.24) is 25.3 Å². The van der Waals surface area contributed by atoms with Crippen LogP contribution in [0.3, 0.4) is 0 Å². The van der Waals surface area contributed by atoms with Crippen molar-refractivity contribution >= 4 is 29.9 Å². The lowest BCUT2D eigenvalue weighted by atomic mass is 10.0. The molecule has 6 nitrogen and oxygen atoms in total. The van der Waals surface area contributed by atoms with Gasteiger partial charge in [-0.3, -0.25) is 9.67 Å². The summed E-state index contributed by atoms with van der Waals surface area (Å²) in [6, 6.07) is 1.05. The molecule has 0 spiro atoms. The Kier molecular flexibility index (Phi) is 11.4. The number of aliphatic imine (C=N–C) groups is 1. The first kappa shape index (κ1) is 25.2. The molecule has 0 bridgehead atoms. The molecule has 2 rings (SSSR count). The van der Waals surface area contributed by atoms with Crippen molar-refractivity contribution in [1.29, 1.82) is 0 Å². The second-order valence-corrected chi connectivity index (χ2v) is 8.02. The van der Waals surface area contributed by atoms with Gasteiger partial charge in [-0.05, 0) is 72.4 Å². The number of nitrogens with zero attached hydrogens (tertiary/aromatic N) is 4. The number of rotatable bonds is 8. The molecule has 162 valence electrons. The molecule has 2 heterocycles. The first-order valence-electron chi connectivity index (χ1n) is 10.7. The number of aryl methyl sites for hydroxylation is 2. The summed E-state index contributed by atoms with van der Waals surface area (Å²) in [7, 11) is 2.01. The van der Waals surface area contributed by atoms with Gasteiger partial charge >= 0.3 is 0 Å². The van der Waals surface area contributed by atoms with Crippen molar-refractivity contribution in [2.24, 2.45) is 12.0 Å². The molecule has 0 saturated carbocycles. The largest absolute Gasteiger partial charge is 0.357 e. The second-order valence-electron chi connectivity index (χ2n) is 8.02. The van der Waals surface area contributed by atoms with Crippen molar-refractivity contribution in [3.8, 4) is 0 Å². The molecule has 0 amide bonds. The highest BCUT2D eigenvalue weighted by Crippen LogP contribution is 2.16. The SMILES string of the molecule is CCNC(=NCCCN1CCCCC1C)NC(C)Cc1c(C)nn(C)c1C.I. The normalized spacial score (nSPS) is 19.2. The van der Waals surface area contributed by atoms with Gasteiger partial charge in [0.25, 0.3) is 0 Å². The molecule has 7 heteroatoms. The summed E-state index contributed by atoms with van der Waals surface area (Å²) in [5.74, 6) is 0.927. The molecule has 0 aliphatic carbocycles. The van der Waals surface area contributed by atoms with Crippen LogP contribution in [0.15, 0.2) is 4.99 Å². The summed E-state index contributed by atoms with van der Waals surface area (Å²) in [5, 5.41) is 11.5. The Balaban J connectivity index is 0.00000392. The zero-order valence-corrected chi connectivity index (χ0v) is 21.0. The average Bonchev–Trinajstić information content (AvgIpc) is 2.86. The van der Waals surface area contributed by atoms with Crippen LogP contribution in [0.1, 0.15) is 63.4 Å². The molecule has 1 fully saturated rings. The standard InChI is InChI=1S/C21H40N6.HI/c1-7-22-21(23-12-10-14-27-13-9-8-11-17(27)3)24-16(2)15-20-18(4)25-26(6)19(20)5;/h16-17H,7-15H2,1-6H3,(H2,22,23,24);1H. The highest BCUT2D eigenvalue weighted by molar-refractivity contribution is 14.0. The van der Waals surface area contributed by atoms with Crippen LogP contribution < -0.4 is 10.6 Å². The van der Waals surface area contributed by atoms with E-state index in [1.165, 1.54) is 37.1 Å². The Bertz CT molecular complexity index is 612. The zero-order chi connectivity index (χ0) is 19.8. The number of likely N-dealkylation sites (tertiary alicyclic amines) is 1. The number of guanidine groups is 1. The van der Waals surface area contributed by atoms with Crippen LogP contribution >= 0.6 is 24.0 Å². The molecular weight excluding hydrogens is 463 g/mol. The van der Waals surface area contributed by atoms with Gasteiger partial charge in [0.2, 0.25) is 0 Å². The van der Waals surface area contributed by atoms with Crippen molar-refractivity contribution < 1.29 is 0 Å². The molecule has 2 unspecified atom stereocenters. The summed E-state index contributed by atoms with van der Waals surface area (Å²) < 4.78 is 1.97. The minimum atomic E-state index is 0. The topological polar surface area (TPSA) is 57.5 Å². The molecule has 2 N–H and O–H groups in total. The van der Waals surface area contributed by atoms with E-state index in [0.29, 0.717) is 6.04 Å². The molecule has 1 aromatic heterocycles. The molecule has 1 aliphatic rings. The number of nitrogens with one attached hydrogen (secondary N) is 2. The van der Waals surface area contributed by atoms with Gasteiger partial charge in [-0.2, -0.15) is 5.10 Å². The van der Waals surface area contributed by atoms with E-state index in [4.69, 9.17) is 4.99 Å². The van der Waals surface area contributed by atoms with Crippen LogP contribution in [0.5, 0.6) is 0 Å². The molecule has 2 atom stereocenters. The van der Waals surface area contributed by atoms with Gasteiger partial charge in [-0.25, -0.2) is 0 Å². The van der Waals surface area contributed by atoms with Gasteiger partial charge in [0.15, 0.2) is 5.96 Å². The lowest BCUT2D eigenvalue weighted by molar-refractivity contribution is 0.160. The fourth-order valence-corrected chi connectivity index (χ4v) is 3.98. The number of hydrogen-bond donors (Lipinski definition) is 2. The maximum atomic E-state index is 4.80. The van der Waals surface area contributed by atoms with Crippen LogP contribution in [0, 0.1) is 13.8 Å². The van der Waals surface area contributed by atoms with E-state index in [2.05, 4.69) is 55.3 Å². The summed E-state index contributed by atoms with van der Waals surface area (Å²) in [6.45, 7) is 15.1. The average molecular weight is 505 g/mol. The number of aromatic nitrogens is 2. The molecule has 1 saturated heterocycles. The van der Waals surface area contributed by atoms with E-state index in [0.717, 1.165) is 50.2 Å². The van der Waals surface area contributed by atoms with Crippen LogP contribution in [-0.2, 0) is 13.5 Å². The molecular formula is C21H41IN6. The van der Waals surface area contributed by atoms with Gasteiger partial charge in [0.05, 0.1) is 5.69 Å². The van der Waals surface area contributed by atoms with Gasteiger partial charge in [0, 0.05) is 44.5 Å². The number of hydrogen-bond acceptors (Lipinski definition) is 3. The highest BCUT2D eigenvalue weighted by Gasteiger charge is 2.17. The second kappa shape index (κ2) is 12.7. The van der Waals surface area contributed by atoms with Gasteiger partial charge < -0.3 is 15.5 Å². The predicted molar refractivity (Wildman–Crippen MR) is 130 cm³/mol. The van der Waals surface area contributed by atoms with E-state index < -0.39 is 0 Å². The third kappa shape index (κ3) is 7.54. The third-order valence-electron chi connectivity index (χ3n) is 5.71. The van der Waals surface area contributed by atoms with Crippen molar-refractivity contribution in [2.75, 3.05) is 26.2 Å². The summed E-state index contributed by atoms with van der Waals surface area (Å²) in [4.78, 5) is 7.42. The Hall–Kier alpha value is -0.830. The fraction of sp³-hybridized carbons (Fsp3) is 0.810. The van der Waals surface area contributed by atoms with Gasteiger partial charge in [0.1, 0.15) is 0 Å². The number of piperidine rings is 1. The third-order valence-corrected chi connectivity index (χ3v) is 5.71. The Morgan fingerprint density at radius 3 is 2.68 bits per heavy atom. The van der Waals surface area contributed by atoms with Crippen LogP contribution in [0.2, 0.25) is 0 Å². The fourth-order valence-electron chi connectivity index (χ4n) is 3.98. The monoisotopic (exact) mass is 504 g/mol. The Labute approximate surface area is 189 Å². The van der Waals surface area contributed by atoms with Crippen LogP contribution in [0.4, 0.5) is 0 Å². The minimum Gasteiger partial charge on any atom is -0.357 e. The number of halogens is 1. The maximum Gasteiger partial charge on any atom is 0.191 e. The van der Waals surface area contributed by atoms with Gasteiger partial charge in [-0.15, -0.1) is 24.0 Å². The van der Waals surface area contributed by atoms with E-state index >= 15 is 0 Å². The van der Waals surface area contributed by atoms with Crippen molar-refractivity contribution in [3.63, 3.8) is 0 Å². The summed E-state index contributed by atoms with van der Waals surface area (Å²) >= 11 is 0. The first-order valence-corrected chi connectivity index (χ1v) is 10.7. The van der Waals surface area contributed by atoms with Crippen LogP contribution in [-0.4, -0.2) is 58.9 Å². The summed E-state index contributed by atoms with van der Waals surface area (Å²) in [6.07, 6.45) is 6.16. The Morgan fingerprint density at radius 1 is 1.32 bits per heavy atom. The molecule has 0 aromatic carbocycles. The minimum absolute atomic E-state index is 0. The van der Waals surface area contributed by atoms with Crippen LogP contribution in [0.25, 0.3) is 0 Å². The Morgan fingerprint density at radius 2 is 2.07 bits per heavy atom. The van der Waals surface area contributed by atoms with Gasteiger partial charge in [-0.1, -0.05) is 6.42 Å². The van der Waals surface area contributed by atoms with Crippen molar-refractivity contribution in [2.45, 2.75) is 78.8 Å². The predicted octanol–water partition coefficient (Wildman–Crippen LogP) is 3.41. The van der Waals surface area contributed by atoms with E-state index in [-0.39, 0.29) is 24.0 Å². The quantitative estimate of drug-likeness (QED) is 0.247.